The molecule has 6 nitrogen and oxygen atoms in total. The first-order valence-electron chi connectivity index (χ1n) is 9.67. The van der Waals surface area contributed by atoms with Gasteiger partial charge in [0, 0.05) is 29.9 Å². The second-order valence-electron chi connectivity index (χ2n) is 7.09. The Labute approximate surface area is 170 Å². The molecule has 1 saturated heterocycles. The fraction of sp³-hybridized carbons (Fsp3) is 0.261. The van der Waals surface area contributed by atoms with E-state index in [1.807, 2.05) is 19.1 Å². The minimum absolute atomic E-state index is 0.155. The minimum Gasteiger partial charge on any atom is -0.351 e. The highest BCUT2D eigenvalue weighted by atomic mass is 16.2. The van der Waals surface area contributed by atoms with Crippen molar-refractivity contribution in [2.24, 2.45) is 0 Å². The SMILES string of the molecule is C=CCNC(=O)[C@H]1CCCN1C(=O)c1ccc(NC(=O)c2ccc(C)cc2)cc1. The molecule has 1 fully saturated rings. The summed E-state index contributed by atoms with van der Waals surface area (Å²) in [6, 6.07) is 13.6. The van der Waals surface area contributed by atoms with Gasteiger partial charge in [0.2, 0.25) is 5.91 Å². The molecule has 0 unspecified atom stereocenters. The van der Waals surface area contributed by atoms with Crippen molar-refractivity contribution in [1.29, 1.82) is 0 Å². The van der Waals surface area contributed by atoms with Crippen LogP contribution in [0.1, 0.15) is 39.1 Å². The van der Waals surface area contributed by atoms with Gasteiger partial charge in [-0.15, -0.1) is 6.58 Å². The van der Waals surface area contributed by atoms with Crippen LogP contribution in [0.5, 0.6) is 0 Å². The number of hydrogen-bond donors (Lipinski definition) is 2. The molecule has 0 aliphatic carbocycles. The van der Waals surface area contributed by atoms with Gasteiger partial charge in [0.15, 0.2) is 0 Å². The maximum absolute atomic E-state index is 12.9. The molecular formula is C23H25N3O3. The van der Waals surface area contributed by atoms with Crippen LogP contribution in [0.2, 0.25) is 0 Å². The number of amides is 3. The highest BCUT2D eigenvalue weighted by molar-refractivity contribution is 6.04. The van der Waals surface area contributed by atoms with Crippen molar-refractivity contribution in [3.63, 3.8) is 0 Å². The minimum atomic E-state index is -0.455. The van der Waals surface area contributed by atoms with Crippen LogP contribution in [0.4, 0.5) is 5.69 Å². The molecule has 0 saturated carbocycles. The Morgan fingerprint density at radius 1 is 1.07 bits per heavy atom. The molecule has 0 bridgehead atoms. The summed E-state index contributed by atoms with van der Waals surface area (Å²) >= 11 is 0. The number of hydrogen-bond acceptors (Lipinski definition) is 3. The number of nitrogens with one attached hydrogen (secondary N) is 2. The standard InChI is InChI=1S/C23H25N3O3/c1-3-14-24-22(28)20-5-4-15-26(20)23(29)18-10-12-19(13-11-18)25-21(27)17-8-6-16(2)7-9-17/h3,6-13,20H,1,4-5,14-15H2,2H3,(H,24,28)(H,25,27)/t20-/m1/s1. The van der Waals surface area contributed by atoms with Gasteiger partial charge in [0.1, 0.15) is 6.04 Å². The number of likely N-dealkylation sites (tertiary alicyclic amines) is 1. The van der Waals surface area contributed by atoms with Gasteiger partial charge >= 0.3 is 0 Å². The largest absolute Gasteiger partial charge is 0.351 e. The second-order valence-corrected chi connectivity index (χ2v) is 7.09. The van der Waals surface area contributed by atoms with Crippen LogP contribution in [0.25, 0.3) is 0 Å². The molecule has 3 amide bonds. The van der Waals surface area contributed by atoms with Crippen molar-refractivity contribution in [1.82, 2.24) is 10.2 Å². The molecule has 1 heterocycles. The molecule has 2 aromatic carbocycles. The van der Waals surface area contributed by atoms with E-state index >= 15 is 0 Å². The Morgan fingerprint density at radius 3 is 2.38 bits per heavy atom. The van der Waals surface area contributed by atoms with Crippen LogP contribution in [0.3, 0.4) is 0 Å². The van der Waals surface area contributed by atoms with Gasteiger partial charge < -0.3 is 15.5 Å². The Hall–Kier alpha value is -3.41. The van der Waals surface area contributed by atoms with Gasteiger partial charge in [0.25, 0.3) is 11.8 Å². The van der Waals surface area contributed by atoms with Crippen LogP contribution in [0, 0.1) is 6.92 Å². The summed E-state index contributed by atoms with van der Waals surface area (Å²) in [6.45, 7) is 6.49. The Bertz CT molecular complexity index is 904. The average Bonchev–Trinajstić information content (AvgIpc) is 3.22. The predicted molar refractivity (Wildman–Crippen MR) is 113 cm³/mol. The maximum Gasteiger partial charge on any atom is 0.255 e. The van der Waals surface area contributed by atoms with Gasteiger partial charge in [-0.3, -0.25) is 14.4 Å². The van der Waals surface area contributed by atoms with E-state index in [1.54, 1.807) is 47.4 Å². The Morgan fingerprint density at radius 2 is 1.72 bits per heavy atom. The number of anilines is 1. The number of nitrogens with zero attached hydrogens (tertiary/aromatic N) is 1. The molecule has 2 N–H and O–H groups in total. The molecule has 3 rings (SSSR count). The summed E-state index contributed by atoms with van der Waals surface area (Å²) in [5, 5.41) is 5.59. The summed E-state index contributed by atoms with van der Waals surface area (Å²) < 4.78 is 0. The molecule has 1 aliphatic rings. The molecule has 2 aromatic rings. The Kier molecular flexibility index (Phi) is 6.44. The van der Waals surface area contributed by atoms with Crippen molar-refractivity contribution in [3.05, 3.63) is 77.9 Å². The molecule has 6 heteroatoms. The first kappa shape index (κ1) is 20.3. The van der Waals surface area contributed by atoms with Gasteiger partial charge in [-0.1, -0.05) is 23.8 Å². The molecule has 0 aromatic heterocycles. The Balaban J connectivity index is 1.65. The summed E-state index contributed by atoms with van der Waals surface area (Å²) in [5.41, 5.74) is 2.75. The van der Waals surface area contributed by atoms with Gasteiger partial charge in [0.05, 0.1) is 0 Å². The van der Waals surface area contributed by atoms with Crippen LogP contribution >= 0.6 is 0 Å². The topological polar surface area (TPSA) is 78.5 Å². The third kappa shape index (κ3) is 4.90. The lowest BCUT2D eigenvalue weighted by Gasteiger charge is -2.24. The number of rotatable bonds is 6. The van der Waals surface area contributed by atoms with Crippen molar-refractivity contribution in [2.45, 2.75) is 25.8 Å². The fourth-order valence-electron chi connectivity index (χ4n) is 3.34. The highest BCUT2D eigenvalue weighted by Gasteiger charge is 2.34. The molecule has 0 radical (unpaired) electrons. The monoisotopic (exact) mass is 391 g/mol. The van der Waals surface area contributed by atoms with Crippen LogP contribution < -0.4 is 10.6 Å². The van der Waals surface area contributed by atoms with Crippen LogP contribution in [-0.4, -0.2) is 41.8 Å². The maximum atomic E-state index is 12.9. The van der Waals surface area contributed by atoms with Crippen molar-refractivity contribution >= 4 is 23.4 Å². The number of aryl methyl sites for hydroxylation is 1. The smallest absolute Gasteiger partial charge is 0.255 e. The number of carbonyl (C=O) groups is 3. The second kappa shape index (κ2) is 9.19. The summed E-state index contributed by atoms with van der Waals surface area (Å²) in [6.07, 6.45) is 3.06. The molecule has 150 valence electrons. The lowest BCUT2D eigenvalue weighted by atomic mass is 10.1. The summed E-state index contributed by atoms with van der Waals surface area (Å²) in [7, 11) is 0. The van der Waals surface area contributed by atoms with E-state index in [0.29, 0.717) is 36.3 Å². The van der Waals surface area contributed by atoms with Crippen LogP contribution in [0.15, 0.2) is 61.2 Å². The number of benzene rings is 2. The van der Waals surface area contributed by atoms with Gasteiger partial charge in [-0.2, -0.15) is 0 Å². The third-order valence-corrected chi connectivity index (χ3v) is 4.94. The third-order valence-electron chi connectivity index (χ3n) is 4.94. The van der Waals surface area contributed by atoms with E-state index < -0.39 is 6.04 Å². The summed E-state index contributed by atoms with van der Waals surface area (Å²) in [5.74, 6) is -0.544. The lowest BCUT2D eigenvalue weighted by Crippen LogP contribution is -2.46. The molecule has 29 heavy (non-hydrogen) atoms. The average molecular weight is 391 g/mol. The zero-order valence-corrected chi connectivity index (χ0v) is 16.5. The van der Waals surface area contributed by atoms with Crippen molar-refractivity contribution < 1.29 is 14.4 Å². The zero-order valence-electron chi connectivity index (χ0n) is 16.5. The predicted octanol–water partition coefficient (Wildman–Crippen LogP) is 3.15. The van der Waals surface area contributed by atoms with Gasteiger partial charge in [-0.05, 0) is 56.2 Å². The van der Waals surface area contributed by atoms with Gasteiger partial charge in [-0.25, -0.2) is 0 Å². The van der Waals surface area contributed by atoms with Crippen molar-refractivity contribution in [2.75, 3.05) is 18.4 Å². The molecule has 0 spiro atoms. The van der Waals surface area contributed by atoms with E-state index in [2.05, 4.69) is 17.2 Å². The van der Waals surface area contributed by atoms with Crippen molar-refractivity contribution in [3.8, 4) is 0 Å². The first-order valence-corrected chi connectivity index (χ1v) is 9.67. The molecular weight excluding hydrogens is 366 g/mol. The quantitative estimate of drug-likeness (QED) is 0.743. The lowest BCUT2D eigenvalue weighted by molar-refractivity contribution is -0.124. The van der Waals surface area contributed by atoms with E-state index in [1.165, 1.54) is 0 Å². The number of carbonyl (C=O) groups excluding carboxylic acids is 3. The van der Waals surface area contributed by atoms with E-state index in [9.17, 15) is 14.4 Å². The molecule has 1 aliphatic heterocycles. The molecule has 1 atom stereocenters. The normalized spacial score (nSPS) is 15.6. The highest BCUT2D eigenvalue weighted by Crippen LogP contribution is 2.21. The summed E-state index contributed by atoms with van der Waals surface area (Å²) in [4.78, 5) is 39.1. The van der Waals surface area contributed by atoms with Crippen LogP contribution in [-0.2, 0) is 4.79 Å². The fourth-order valence-corrected chi connectivity index (χ4v) is 3.34. The first-order chi connectivity index (χ1) is 14.0. The zero-order chi connectivity index (χ0) is 20.8. The van der Waals surface area contributed by atoms with E-state index in [0.717, 1.165) is 12.0 Å². The van der Waals surface area contributed by atoms with E-state index in [-0.39, 0.29) is 17.7 Å². The van der Waals surface area contributed by atoms with E-state index in [4.69, 9.17) is 0 Å².